The molecule has 0 aliphatic rings. The lowest BCUT2D eigenvalue weighted by molar-refractivity contribution is 0.0979. The molecule has 0 N–H and O–H groups in total. The van der Waals surface area contributed by atoms with Crippen LogP contribution < -0.4 is 0 Å². The molecular weight excluding hydrogens is 218 g/mol. The van der Waals surface area contributed by atoms with Gasteiger partial charge in [0.25, 0.3) is 0 Å². The highest BCUT2D eigenvalue weighted by Crippen LogP contribution is 2.16. The largest absolute Gasteiger partial charge is 0.294 e. The van der Waals surface area contributed by atoms with Crippen LogP contribution in [-0.4, -0.2) is 12.0 Å². The first-order chi connectivity index (χ1) is 7.77. The number of hydrogen-bond donors (Lipinski definition) is 0. The first-order valence-corrected chi connectivity index (χ1v) is 6.54. The number of hydrogen-bond acceptors (Lipinski definition) is 3. The Hall–Kier alpha value is -1.27. The molecule has 1 rings (SSSR count). The van der Waals surface area contributed by atoms with E-state index in [1.54, 1.807) is 11.8 Å². The molecule has 0 bridgehead atoms. The van der Waals surface area contributed by atoms with Crippen LogP contribution in [0.15, 0.2) is 29.2 Å². The summed E-state index contributed by atoms with van der Waals surface area (Å²) in [5, 5.41) is 8.37. The molecule has 3 heteroatoms. The molecule has 1 aromatic carbocycles. The van der Waals surface area contributed by atoms with Gasteiger partial charge in [-0.15, -0.1) is 11.8 Å². The second kappa shape index (κ2) is 7.08. The highest BCUT2D eigenvalue weighted by Gasteiger charge is 2.04. The molecule has 0 saturated heterocycles. The summed E-state index contributed by atoms with van der Waals surface area (Å²) in [6, 6.07) is 9.76. The maximum Gasteiger partial charge on any atom is 0.162 e. The highest BCUT2D eigenvalue weighted by molar-refractivity contribution is 7.98. The smallest absolute Gasteiger partial charge is 0.162 e. The zero-order chi connectivity index (χ0) is 11.8. The fourth-order valence-electron chi connectivity index (χ4n) is 1.41. The molecule has 0 aliphatic carbocycles. The van der Waals surface area contributed by atoms with Gasteiger partial charge in [-0.05, 0) is 31.2 Å². The number of Topliss-reactive ketones (excluding diaryl/α,β-unsaturated/α-hetero) is 1. The summed E-state index contributed by atoms with van der Waals surface area (Å²) in [6.07, 6.45) is 4.71. The number of rotatable bonds is 6. The number of carbonyl (C=O) groups excluding carboxylic acids is 1. The van der Waals surface area contributed by atoms with E-state index >= 15 is 0 Å². The van der Waals surface area contributed by atoms with Gasteiger partial charge in [0.1, 0.15) is 0 Å². The van der Waals surface area contributed by atoms with E-state index in [0.717, 1.165) is 18.4 Å². The number of thioether (sulfide) groups is 1. The van der Waals surface area contributed by atoms with E-state index in [1.165, 1.54) is 4.90 Å². The Morgan fingerprint density at radius 3 is 2.56 bits per heavy atom. The second-order valence-corrected chi connectivity index (χ2v) is 4.40. The van der Waals surface area contributed by atoms with Crippen molar-refractivity contribution in [1.82, 2.24) is 0 Å². The molecular formula is C13H15NOS. The average molecular weight is 233 g/mol. The lowest BCUT2D eigenvalue weighted by Gasteiger charge is -2.01. The minimum Gasteiger partial charge on any atom is -0.294 e. The lowest BCUT2D eigenvalue weighted by atomic mass is 10.1. The third-order valence-electron chi connectivity index (χ3n) is 2.35. The van der Waals surface area contributed by atoms with Crippen molar-refractivity contribution in [2.24, 2.45) is 0 Å². The Balaban J connectivity index is 2.44. The third-order valence-corrected chi connectivity index (χ3v) is 3.10. The van der Waals surface area contributed by atoms with E-state index in [0.29, 0.717) is 12.8 Å². The van der Waals surface area contributed by atoms with Gasteiger partial charge in [-0.2, -0.15) is 5.26 Å². The number of benzene rings is 1. The van der Waals surface area contributed by atoms with Gasteiger partial charge in [-0.3, -0.25) is 4.79 Å². The number of ketones is 1. The van der Waals surface area contributed by atoms with E-state index in [-0.39, 0.29) is 5.78 Å². The van der Waals surface area contributed by atoms with E-state index in [4.69, 9.17) is 5.26 Å². The first-order valence-electron chi connectivity index (χ1n) is 5.32. The summed E-state index contributed by atoms with van der Waals surface area (Å²) >= 11 is 1.67. The molecule has 0 heterocycles. The fourth-order valence-corrected chi connectivity index (χ4v) is 1.82. The predicted octanol–water partition coefficient (Wildman–Crippen LogP) is 3.68. The monoisotopic (exact) mass is 233 g/mol. The van der Waals surface area contributed by atoms with Gasteiger partial charge in [-0.25, -0.2) is 0 Å². The van der Waals surface area contributed by atoms with Crippen LogP contribution in [0.1, 0.15) is 36.0 Å². The molecule has 0 amide bonds. The van der Waals surface area contributed by atoms with E-state index < -0.39 is 0 Å². The summed E-state index contributed by atoms with van der Waals surface area (Å²) in [7, 11) is 0. The van der Waals surface area contributed by atoms with E-state index in [1.807, 2.05) is 30.5 Å². The van der Waals surface area contributed by atoms with Gasteiger partial charge in [0.2, 0.25) is 0 Å². The molecule has 0 saturated carbocycles. The van der Waals surface area contributed by atoms with Gasteiger partial charge in [0.15, 0.2) is 5.78 Å². The number of nitriles is 1. The molecule has 0 aliphatic heterocycles. The molecule has 1 aromatic rings. The van der Waals surface area contributed by atoms with Crippen molar-refractivity contribution >= 4 is 17.5 Å². The zero-order valence-electron chi connectivity index (χ0n) is 9.40. The van der Waals surface area contributed by atoms with Crippen molar-refractivity contribution in [3.63, 3.8) is 0 Å². The molecule has 0 unspecified atom stereocenters. The van der Waals surface area contributed by atoms with Crippen LogP contribution in [-0.2, 0) is 0 Å². The Morgan fingerprint density at radius 1 is 1.31 bits per heavy atom. The Bertz CT molecular complexity index is 378. The fraction of sp³-hybridized carbons (Fsp3) is 0.385. The molecule has 16 heavy (non-hydrogen) atoms. The van der Waals surface area contributed by atoms with E-state index in [9.17, 15) is 4.79 Å². The van der Waals surface area contributed by atoms with E-state index in [2.05, 4.69) is 6.07 Å². The van der Waals surface area contributed by atoms with Crippen molar-refractivity contribution in [2.75, 3.05) is 6.26 Å². The van der Waals surface area contributed by atoms with Crippen LogP contribution in [0.3, 0.4) is 0 Å². The second-order valence-electron chi connectivity index (χ2n) is 3.52. The average Bonchev–Trinajstić information content (AvgIpc) is 2.34. The molecule has 0 aromatic heterocycles. The number of carbonyl (C=O) groups is 1. The van der Waals surface area contributed by atoms with Crippen LogP contribution in [0.25, 0.3) is 0 Å². The summed E-state index contributed by atoms with van der Waals surface area (Å²) in [5.74, 6) is 0.172. The summed E-state index contributed by atoms with van der Waals surface area (Å²) in [6.45, 7) is 0. The minimum absolute atomic E-state index is 0.172. The molecule has 0 radical (unpaired) electrons. The van der Waals surface area contributed by atoms with Crippen molar-refractivity contribution in [3.05, 3.63) is 29.8 Å². The van der Waals surface area contributed by atoms with Gasteiger partial charge >= 0.3 is 0 Å². The maximum absolute atomic E-state index is 11.7. The van der Waals surface area contributed by atoms with Crippen LogP contribution >= 0.6 is 11.8 Å². The number of nitrogens with zero attached hydrogens (tertiary/aromatic N) is 1. The predicted molar refractivity (Wildman–Crippen MR) is 66.6 cm³/mol. The Kier molecular flexibility index (Phi) is 5.66. The van der Waals surface area contributed by atoms with Crippen LogP contribution in [0, 0.1) is 11.3 Å². The van der Waals surface area contributed by atoms with Crippen molar-refractivity contribution < 1.29 is 4.79 Å². The standard InChI is InChI=1S/C13H15NOS/c1-16-12-8-6-11(7-9-12)13(15)5-3-2-4-10-14/h6-9H,2-5H2,1H3. The molecule has 84 valence electrons. The third kappa shape index (κ3) is 4.08. The van der Waals surface area contributed by atoms with Gasteiger partial charge in [0.05, 0.1) is 6.07 Å². The molecule has 0 fully saturated rings. The Morgan fingerprint density at radius 2 is 2.00 bits per heavy atom. The van der Waals surface area contributed by atoms with Gasteiger partial charge in [-0.1, -0.05) is 12.1 Å². The summed E-state index contributed by atoms with van der Waals surface area (Å²) < 4.78 is 0. The minimum atomic E-state index is 0.172. The maximum atomic E-state index is 11.7. The summed E-state index contributed by atoms with van der Waals surface area (Å²) in [4.78, 5) is 12.9. The van der Waals surface area contributed by atoms with Gasteiger partial charge in [0, 0.05) is 23.3 Å². The number of unbranched alkanes of at least 4 members (excludes halogenated alkanes) is 2. The van der Waals surface area contributed by atoms with Crippen LogP contribution in [0.5, 0.6) is 0 Å². The van der Waals surface area contributed by atoms with Crippen LogP contribution in [0.4, 0.5) is 0 Å². The van der Waals surface area contributed by atoms with Gasteiger partial charge < -0.3 is 0 Å². The topological polar surface area (TPSA) is 40.9 Å². The zero-order valence-corrected chi connectivity index (χ0v) is 10.2. The summed E-state index contributed by atoms with van der Waals surface area (Å²) in [5.41, 5.74) is 0.773. The SMILES string of the molecule is CSc1ccc(C(=O)CCCCC#N)cc1. The van der Waals surface area contributed by atoms with Crippen molar-refractivity contribution in [3.8, 4) is 6.07 Å². The lowest BCUT2D eigenvalue weighted by Crippen LogP contribution is -1.98. The van der Waals surface area contributed by atoms with Crippen molar-refractivity contribution in [1.29, 1.82) is 5.26 Å². The molecule has 0 atom stereocenters. The quantitative estimate of drug-likeness (QED) is 0.427. The molecule has 2 nitrogen and oxygen atoms in total. The highest BCUT2D eigenvalue weighted by atomic mass is 32.2. The Labute approximate surface area is 101 Å². The van der Waals surface area contributed by atoms with Crippen molar-refractivity contribution in [2.45, 2.75) is 30.6 Å². The van der Waals surface area contributed by atoms with Crippen LogP contribution in [0.2, 0.25) is 0 Å². The molecule has 0 spiro atoms. The normalized spacial score (nSPS) is 9.75. The first kappa shape index (κ1) is 12.8.